The zero-order chi connectivity index (χ0) is 8.39. The first-order valence-corrected chi connectivity index (χ1v) is 4.87. The molecule has 0 radical (unpaired) electrons. The maximum absolute atomic E-state index is 4.00. The molecule has 4 nitrogen and oxygen atoms in total. The molecule has 1 aromatic rings. The fraction of sp³-hybridized carbons (Fsp3) is 0.714. The van der Waals surface area contributed by atoms with Gasteiger partial charge in [-0.25, -0.2) is 0 Å². The van der Waals surface area contributed by atoms with E-state index in [2.05, 4.69) is 26.9 Å². The lowest BCUT2D eigenvalue weighted by Gasteiger charge is -2.35. The maximum Gasteiger partial charge on any atom is 0.0895 e. The second kappa shape index (κ2) is 3.47. The average molecular weight is 184 g/mol. The lowest BCUT2D eigenvalue weighted by Crippen LogP contribution is -2.55. The molecule has 0 aromatic carbocycles. The van der Waals surface area contributed by atoms with Crippen molar-refractivity contribution < 1.29 is 0 Å². The summed E-state index contributed by atoms with van der Waals surface area (Å²) in [5.41, 5.74) is 1.08. The summed E-state index contributed by atoms with van der Waals surface area (Å²) in [5, 5.41) is 9.25. The molecule has 2 heterocycles. The third-order valence-corrected chi connectivity index (χ3v) is 2.75. The van der Waals surface area contributed by atoms with Crippen LogP contribution in [0.5, 0.6) is 0 Å². The SMILES string of the molecule is CN(Cc1csnn1)C1CNC1. The summed E-state index contributed by atoms with van der Waals surface area (Å²) in [4.78, 5) is 2.31. The molecule has 0 atom stereocenters. The second-order valence-corrected chi connectivity index (χ2v) is 3.73. The van der Waals surface area contributed by atoms with E-state index in [0.717, 1.165) is 25.3 Å². The number of aromatic nitrogens is 2. The molecule has 0 saturated carbocycles. The molecule has 1 N–H and O–H groups in total. The molecule has 0 bridgehead atoms. The van der Waals surface area contributed by atoms with E-state index >= 15 is 0 Å². The molecule has 1 aliphatic heterocycles. The van der Waals surface area contributed by atoms with Gasteiger partial charge < -0.3 is 5.32 Å². The molecule has 0 aliphatic carbocycles. The van der Waals surface area contributed by atoms with Gasteiger partial charge in [0.2, 0.25) is 0 Å². The van der Waals surface area contributed by atoms with E-state index in [-0.39, 0.29) is 0 Å². The van der Waals surface area contributed by atoms with E-state index in [1.807, 2.05) is 5.38 Å². The number of nitrogens with one attached hydrogen (secondary N) is 1. The zero-order valence-electron chi connectivity index (χ0n) is 7.03. The third-order valence-electron chi connectivity index (χ3n) is 2.20. The zero-order valence-corrected chi connectivity index (χ0v) is 7.84. The van der Waals surface area contributed by atoms with Gasteiger partial charge in [-0.05, 0) is 18.6 Å². The first-order valence-electron chi connectivity index (χ1n) is 4.03. The van der Waals surface area contributed by atoms with Gasteiger partial charge in [0, 0.05) is 31.1 Å². The normalized spacial score (nSPS) is 18.2. The molecule has 0 amide bonds. The molecule has 2 rings (SSSR count). The third kappa shape index (κ3) is 1.63. The van der Waals surface area contributed by atoms with Crippen molar-refractivity contribution in [2.75, 3.05) is 20.1 Å². The summed E-state index contributed by atoms with van der Waals surface area (Å²) in [6.07, 6.45) is 0. The van der Waals surface area contributed by atoms with E-state index in [1.54, 1.807) is 0 Å². The molecule has 0 spiro atoms. The van der Waals surface area contributed by atoms with Gasteiger partial charge in [0.05, 0.1) is 5.69 Å². The van der Waals surface area contributed by atoms with Crippen LogP contribution in [0.3, 0.4) is 0 Å². The van der Waals surface area contributed by atoms with Gasteiger partial charge in [0.15, 0.2) is 0 Å². The van der Waals surface area contributed by atoms with Crippen molar-refractivity contribution in [3.05, 3.63) is 11.1 Å². The number of hydrogen-bond donors (Lipinski definition) is 1. The van der Waals surface area contributed by atoms with Crippen LogP contribution in [0.25, 0.3) is 0 Å². The summed E-state index contributed by atoms with van der Waals surface area (Å²) >= 11 is 1.42. The highest BCUT2D eigenvalue weighted by molar-refractivity contribution is 7.03. The fourth-order valence-corrected chi connectivity index (χ4v) is 1.67. The molecular formula is C7H12N4S. The van der Waals surface area contributed by atoms with Gasteiger partial charge in [-0.2, -0.15) is 0 Å². The molecule has 1 fully saturated rings. The quantitative estimate of drug-likeness (QED) is 0.714. The van der Waals surface area contributed by atoms with Crippen LogP contribution in [-0.4, -0.2) is 40.7 Å². The van der Waals surface area contributed by atoms with Crippen LogP contribution < -0.4 is 5.32 Å². The van der Waals surface area contributed by atoms with Crippen molar-refractivity contribution in [2.45, 2.75) is 12.6 Å². The lowest BCUT2D eigenvalue weighted by molar-refractivity contribution is 0.171. The minimum absolute atomic E-state index is 0.687. The Kier molecular flexibility index (Phi) is 2.34. The summed E-state index contributed by atoms with van der Waals surface area (Å²) in [6, 6.07) is 0.687. The first-order chi connectivity index (χ1) is 5.86. The summed E-state index contributed by atoms with van der Waals surface area (Å²) < 4.78 is 3.83. The lowest BCUT2D eigenvalue weighted by atomic mass is 10.1. The Morgan fingerprint density at radius 3 is 3.08 bits per heavy atom. The van der Waals surface area contributed by atoms with Gasteiger partial charge in [0.25, 0.3) is 0 Å². The molecule has 5 heteroatoms. The molecule has 66 valence electrons. The van der Waals surface area contributed by atoms with E-state index < -0.39 is 0 Å². The largest absolute Gasteiger partial charge is 0.314 e. The van der Waals surface area contributed by atoms with Crippen LogP contribution in [0.2, 0.25) is 0 Å². The van der Waals surface area contributed by atoms with Gasteiger partial charge in [0.1, 0.15) is 0 Å². The minimum atomic E-state index is 0.687. The molecule has 1 saturated heterocycles. The van der Waals surface area contributed by atoms with Gasteiger partial charge >= 0.3 is 0 Å². The minimum Gasteiger partial charge on any atom is -0.314 e. The smallest absolute Gasteiger partial charge is 0.0895 e. The molecule has 1 aromatic heterocycles. The van der Waals surface area contributed by atoms with E-state index in [0.29, 0.717) is 6.04 Å². The number of nitrogens with zero attached hydrogens (tertiary/aromatic N) is 3. The Balaban J connectivity index is 1.86. The maximum atomic E-state index is 4.00. The molecule has 12 heavy (non-hydrogen) atoms. The predicted octanol–water partition coefficient (Wildman–Crippen LogP) is -0.0583. The Labute approximate surface area is 75.7 Å². The summed E-state index contributed by atoms with van der Waals surface area (Å²) in [5.74, 6) is 0. The topological polar surface area (TPSA) is 41.1 Å². The van der Waals surface area contributed by atoms with Crippen LogP contribution >= 0.6 is 11.5 Å². The van der Waals surface area contributed by atoms with Crippen LogP contribution in [0, 0.1) is 0 Å². The fourth-order valence-electron chi connectivity index (χ4n) is 1.22. The molecule has 0 unspecified atom stereocenters. The predicted molar refractivity (Wildman–Crippen MR) is 48.0 cm³/mol. The highest BCUT2D eigenvalue weighted by Crippen LogP contribution is 2.07. The Bertz CT molecular complexity index is 232. The highest BCUT2D eigenvalue weighted by Gasteiger charge is 2.21. The van der Waals surface area contributed by atoms with Crippen molar-refractivity contribution in [2.24, 2.45) is 0 Å². The van der Waals surface area contributed by atoms with E-state index in [4.69, 9.17) is 0 Å². The second-order valence-electron chi connectivity index (χ2n) is 3.12. The summed E-state index contributed by atoms with van der Waals surface area (Å²) in [6.45, 7) is 3.13. The number of rotatable bonds is 3. The van der Waals surface area contributed by atoms with Crippen molar-refractivity contribution >= 4 is 11.5 Å². The Morgan fingerprint density at radius 2 is 2.58 bits per heavy atom. The first kappa shape index (κ1) is 8.10. The van der Waals surface area contributed by atoms with Crippen molar-refractivity contribution in [1.82, 2.24) is 19.8 Å². The van der Waals surface area contributed by atoms with Crippen molar-refractivity contribution in [1.29, 1.82) is 0 Å². The van der Waals surface area contributed by atoms with Gasteiger partial charge in [-0.15, -0.1) is 5.10 Å². The standard InChI is InChI=1S/C7H12N4S/c1-11(7-2-8-3-7)4-6-5-12-10-9-6/h5,7-8H,2-4H2,1H3. The highest BCUT2D eigenvalue weighted by atomic mass is 32.1. The van der Waals surface area contributed by atoms with Crippen LogP contribution in [0.1, 0.15) is 5.69 Å². The van der Waals surface area contributed by atoms with E-state index in [9.17, 15) is 0 Å². The molecular weight excluding hydrogens is 172 g/mol. The van der Waals surface area contributed by atoms with Crippen LogP contribution in [0.4, 0.5) is 0 Å². The van der Waals surface area contributed by atoms with Crippen LogP contribution in [-0.2, 0) is 6.54 Å². The van der Waals surface area contributed by atoms with Crippen molar-refractivity contribution in [3.63, 3.8) is 0 Å². The monoisotopic (exact) mass is 184 g/mol. The van der Waals surface area contributed by atoms with Gasteiger partial charge in [-0.3, -0.25) is 4.90 Å². The molecule has 1 aliphatic rings. The van der Waals surface area contributed by atoms with E-state index in [1.165, 1.54) is 11.5 Å². The Morgan fingerprint density at radius 1 is 1.75 bits per heavy atom. The number of hydrogen-bond acceptors (Lipinski definition) is 5. The number of likely N-dealkylation sites (N-methyl/N-ethyl adjacent to an activating group) is 1. The van der Waals surface area contributed by atoms with Crippen LogP contribution in [0.15, 0.2) is 5.38 Å². The average Bonchev–Trinajstić information content (AvgIpc) is 2.34. The summed E-state index contributed by atoms with van der Waals surface area (Å²) in [7, 11) is 2.13. The van der Waals surface area contributed by atoms with Gasteiger partial charge in [-0.1, -0.05) is 4.49 Å². The van der Waals surface area contributed by atoms with Crippen molar-refractivity contribution in [3.8, 4) is 0 Å². The Hall–Kier alpha value is -0.520.